The average Bonchev–Trinajstić information content (AvgIpc) is 2.47. The third-order valence-corrected chi connectivity index (χ3v) is 3.85. The first-order valence-corrected chi connectivity index (χ1v) is 7.21. The fourth-order valence-electron chi connectivity index (χ4n) is 2.54. The standard InChI is InChI=1S/C17H24N2O/c1-5-10-19-16(17(2,3)20-4)15-8-6-7-13-12-18-11-9-14(13)15/h6-9,11-12,16,19H,5,10H2,1-4H3. The van der Waals surface area contributed by atoms with Crippen LogP contribution >= 0.6 is 0 Å². The molecule has 0 saturated carbocycles. The van der Waals surface area contributed by atoms with E-state index in [1.807, 2.05) is 12.4 Å². The third kappa shape index (κ3) is 3.00. The summed E-state index contributed by atoms with van der Waals surface area (Å²) in [7, 11) is 1.77. The summed E-state index contributed by atoms with van der Waals surface area (Å²) in [6, 6.07) is 8.60. The number of benzene rings is 1. The quantitative estimate of drug-likeness (QED) is 0.870. The Hall–Kier alpha value is -1.45. The molecule has 1 aromatic carbocycles. The van der Waals surface area contributed by atoms with Gasteiger partial charge in [0.15, 0.2) is 0 Å². The molecule has 0 bridgehead atoms. The number of fused-ring (bicyclic) bond motifs is 1. The Morgan fingerprint density at radius 1 is 1.30 bits per heavy atom. The van der Waals surface area contributed by atoms with E-state index < -0.39 is 0 Å². The molecule has 0 spiro atoms. The van der Waals surface area contributed by atoms with Crippen molar-refractivity contribution < 1.29 is 4.74 Å². The molecule has 1 atom stereocenters. The SMILES string of the molecule is CCCNC(c1cccc2cnccc12)C(C)(C)OC. The lowest BCUT2D eigenvalue weighted by Gasteiger charge is -2.35. The summed E-state index contributed by atoms with van der Waals surface area (Å²) < 4.78 is 5.72. The molecule has 0 amide bonds. The van der Waals surface area contributed by atoms with Gasteiger partial charge in [-0.05, 0) is 43.8 Å². The van der Waals surface area contributed by atoms with E-state index in [0.29, 0.717) is 0 Å². The van der Waals surface area contributed by atoms with Crippen molar-refractivity contribution in [2.75, 3.05) is 13.7 Å². The molecule has 108 valence electrons. The molecular formula is C17H24N2O. The zero-order chi connectivity index (χ0) is 14.6. The van der Waals surface area contributed by atoms with Gasteiger partial charge in [0.05, 0.1) is 11.6 Å². The van der Waals surface area contributed by atoms with Gasteiger partial charge in [-0.3, -0.25) is 4.98 Å². The molecule has 20 heavy (non-hydrogen) atoms. The molecule has 0 fully saturated rings. The Labute approximate surface area is 121 Å². The smallest absolute Gasteiger partial charge is 0.0816 e. The highest BCUT2D eigenvalue weighted by molar-refractivity contribution is 5.85. The number of aromatic nitrogens is 1. The molecule has 1 unspecified atom stereocenters. The molecule has 2 aromatic rings. The maximum absolute atomic E-state index is 5.72. The fourth-order valence-corrected chi connectivity index (χ4v) is 2.54. The van der Waals surface area contributed by atoms with E-state index in [2.05, 4.69) is 55.3 Å². The van der Waals surface area contributed by atoms with Crippen molar-refractivity contribution in [2.45, 2.75) is 38.8 Å². The maximum Gasteiger partial charge on any atom is 0.0816 e. The fraction of sp³-hybridized carbons (Fsp3) is 0.471. The predicted octanol–water partition coefficient (Wildman–Crippen LogP) is 3.70. The minimum atomic E-state index is -0.271. The van der Waals surface area contributed by atoms with Crippen LogP contribution in [-0.4, -0.2) is 24.2 Å². The van der Waals surface area contributed by atoms with Crippen LogP contribution in [0.5, 0.6) is 0 Å². The van der Waals surface area contributed by atoms with Crippen LogP contribution in [0.15, 0.2) is 36.7 Å². The van der Waals surface area contributed by atoms with Gasteiger partial charge >= 0.3 is 0 Å². The van der Waals surface area contributed by atoms with Crippen LogP contribution in [0.4, 0.5) is 0 Å². The van der Waals surface area contributed by atoms with Crippen LogP contribution in [0, 0.1) is 0 Å². The Bertz CT molecular complexity index is 560. The second kappa shape index (κ2) is 6.33. The number of hydrogen-bond donors (Lipinski definition) is 1. The van der Waals surface area contributed by atoms with Crippen LogP contribution in [0.3, 0.4) is 0 Å². The molecule has 0 aliphatic heterocycles. The largest absolute Gasteiger partial charge is 0.377 e. The van der Waals surface area contributed by atoms with Gasteiger partial charge in [-0.25, -0.2) is 0 Å². The molecule has 0 saturated heterocycles. The van der Waals surface area contributed by atoms with Crippen molar-refractivity contribution in [3.8, 4) is 0 Å². The highest BCUT2D eigenvalue weighted by Crippen LogP contribution is 2.32. The first-order chi connectivity index (χ1) is 9.60. The van der Waals surface area contributed by atoms with Gasteiger partial charge in [-0.15, -0.1) is 0 Å². The lowest BCUT2D eigenvalue weighted by molar-refractivity contribution is -0.0106. The third-order valence-electron chi connectivity index (χ3n) is 3.85. The minimum absolute atomic E-state index is 0.151. The van der Waals surface area contributed by atoms with Crippen LogP contribution in [-0.2, 0) is 4.74 Å². The van der Waals surface area contributed by atoms with Gasteiger partial charge < -0.3 is 10.1 Å². The number of nitrogens with one attached hydrogen (secondary N) is 1. The molecule has 2 rings (SSSR count). The molecular weight excluding hydrogens is 248 g/mol. The van der Waals surface area contributed by atoms with Crippen LogP contribution in [0.25, 0.3) is 10.8 Å². The summed E-state index contributed by atoms with van der Waals surface area (Å²) in [5.74, 6) is 0. The van der Waals surface area contributed by atoms with Gasteiger partial charge in [-0.2, -0.15) is 0 Å². The van der Waals surface area contributed by atoms with Gasteiger partial charge in [0.25, 0.3) is 0 Å². The van der Waals surface area contributed by atoms with Crippen molar-refractivity contribution in [1.82, 2.24) is 10.3 Å². The zero-order valence-corrected chi connectivity index (χ0v) is 12.8. The van der Waals surface area contributed by atoms with Crippen molar-refractivity contribution >= 4 is 10.8 Å². The highest BCUT2D eigenvalue weighted by atomic mass is 16.5. The topological polar surface area (TPSA) is 34.2 Å². The lowest BCUT2D eigenvalue weighted by atomic mass is 9.88. The van der Waals surface area contributed by atoms with E-state index in [9.17, 15) is 0 Å². The molecule has 1 heterocycles. The normalized spacial score (nSPS) is 13.6. The van der Waals surface area contributed by atoms with Gasteiger partial charge in [0.1, 0.15) is 0 Å². The Balaban J connectivity index is 2.50. The number of rotatable bonds is 6. The molecule has 0 radical (unpaired) electrons. The van der Waals surface area contributed by atoms with Crippen molar-refractivity contribution in [2.24, 2.45) is 0 Å². The van der Waals surface area contributed by atoms with Gasteiger partial charge in [0.2, 0.25) is 0 Å². The Kier molecular flexibility index (Phi) is 4.73. The molecule has 1 N–H and O–H groups in total. The van der Waals surface area contributed by atoms with Gasteiger partial charge in [0, 0.05) is 24.9 Å². The van der Waals surface area contributed by atoms with Crippen molar-refractivity contribution in [3.63, 3.8) is 0 Å². The summed E-state index contributed by atoms with van der Waals surface area (Å²) >= 11 is 0. The maximum atomic E-state index is 5.72. The lowest BCUT2D eigenvalue weighted by Crippen LogP contribution is -2.41. The van der Waals surface area contributed by atoms with E-state index in [4.69, 9.17) is 4.74 Å². The summed E-state index contributed by atoms with van der Waals surface area (Å²) in [6.07, 6.45) is 4.86. The number of methoxy groups -OCH3 is 1. The first kappa shape index (κ1) is 14.9. The average molecular weight is 272 g/mol. The number of pyridine rings is 1. The van der Waals surface area contributed by atoms with E-state index >= 15 is 0 Å². The number of ether oxygens (including phenoxy) is 1. The van der Waals surface area contributed by atoms with Gasteiger partial charge in [-0.1, -0.05) is 25.1 Å². The molecule has 3 nitrogen and oxygen atoms in total. The second-order valence-electron chi connectivity index (χ2n) is 5.64. The monoisotopic (exact) mass is 272 g/mol. The second-order valence-corrected chi connectivity index (χ2v) is 5.64. The summed E-state index contributed by atoms with van der Waals surface area (Å²) in [6.45, 7) is 7.40. The summed E-state index contributed by atoms with van der Waals surface area (Å²) in [5, 5.41) is 6.03. The van der Waals surface area contributed by atoms with Crippen molar-refractivity contribution in [3.05, 3.63) is 42.2 Å². The summed E-state index contributed by atoms with van der Waals surface area (Å²) in [5.41, 5.74) is 0.998. The Morgan fingerprint density at radius 2 is 2.10 bits per heavy atom. The van der Waals surface area contributed by atoms with E-state index in [1.165, 1.54) is 16.3 Å². The van der Waals surface area contributed by atoms with Crippen LogP contribution in [0.2, 0.25) is 0 Å². The summed E-state index contributed by atoms with van der Waals surface area (Å²) in [4.78, 5) is 4.21. The Morgan fingerprint density at radius 3 is 2.80 bits per heavy atom. The highest BCUT2D eigenvalue weighted by Gasteiger charge is 2.31. The molecule has 1 aromatic heterocycles. The molecule has 0 aliphatic carbocycles. The van der Waals surface area contributed by atoms with Crippen LogP contribution in [0.1, 0.15) is 38.8 Å². The van der Waals surface area contributed by atoms with E-state index in [0.717, 1.165) is 13.0 Å². The molecule has 3 heteroatoms. The van der Waals surface area contributed by atoms with Crippen molar-refractivity contribution in [1.29, 1.82) is 0 Å². The number of nitrogens with zero attached hydrogens (tertiary/aromatic N) is 1. The molecule has 0 aliphatic rings. The number of hydrogen-bond acceptors (Lipinski definition) is 3. The van der Waals surface area contributed by atoms with E-state index in [-0.39, 0.29) is 11.6 Å². The van der Waals surface area contributed by atoms with Crippen LogP contribution < -0.4 is 5.32 Å². The zero-order valence-electron chi connectivity index (χ0n) is 12.8. The predicted molar refractivity (Wildman–Crippen MR) is 83.9 cm³/mol. The van der Waals surface area contributed by atoms with E-state index in [1.54, 1.807) is 7.11 Å². The minimum Gasteiger partial charge on any atom is -0.377 e. The first-order valence-electron chi connectivity index (χ1n) is 7.21.